The number of aryl methyl sites for hydroxylation is 2. The third kappa shape index (κ3) is 2.18. The van der Waals surface area contributed by atoms with E-state index in [0.29, 0.717) is 5.69 Å². The van der Waals surface area contributed by atoms with Crippen LogP contribution in [0.25, 0.3) is 5.69 Å². The highest BCUT2D eigenvalue weighted by atomic mass is 35.5. The molecule has 18 heavy (non-hydrogen) atoms. The van der Waals surface area contributed by atoms with E-state index >= 15 is 0 Å². The Morgan fingerprint density at radius 3 is 2.67 bits per heavy atom. The number of nitrogens with zero attached hydrogens (tertiary/aromatic N) is 2. The van der Waals surface area contributed by atoms with Crippen molar-refractivity contribution in [3.05, 3.63) is 47.0 Å². The molecule has 0 aliphatic heterocycles. The van der Waals surface area contributed by atoms with E-state index in [-0.39, 0.29) is 11.7 Å². The lowest BCUT2D eigenvalue weighted by atomic mass is 10.2. The zero-order valence-corrected chi connectivity index (χ0v) is 11.5. The van der Waals surface area contributed by atoms with Gasteiger partial charge >= 0.3 is 0 Å². The molecule has 0 unspecified atom stereocenters. The molecule has 0 radical (unpaired) electrons. The first-order chi connectivity index (χ1) is 8.54. The molecular formula is C14H15ClN2O. The maximum absolute atomic E-state index is 11.7. The van der Waals surface area contributed by atoms with E-state index in [0.717, 1.165) is 17.2 Å². The van der Waals surface area contributed by atoms with Gasteiger partial charge in [-0.15, -0.1) is 11.6 Å². The number of halogens is 1. The molecule has 0 aliphatic rings. The third-order valence-electron chi connectivity index (χ3n) is 2.92. The predicted molar refractivity (Wildman–Crippen MR) is 72.8 cm³/mol. The molecule has 1 heterocycles. The van der Waals surface area contributed by atoms with Gasteiger partial charge in [0, 0.05) is 5.69 Å². The fourth-order valence-corrected chi connectivity index (χ4v) is 2.24. The first kappa shape index (κ1) is 12.8. The molecule has 0 atom stereocenters. The van der Waals surface area contributed by atoms with Crippen LogP contribution in [0.2, 0.25) is 0 Å². The summed E-state index contributed by atoms with van der Waals surface area (Å²) >= 11 is 5.59. The van der Waals surface area contributed by atoms with Gasteiger partial charge in [-0.1, -0.05) is 12.1 Å². The zero-order chi connectivity index (χ0) is 13.3. The van der Waals surface area contributed by atoms with E-state index in [1.807, 2.05) is 43.5 Å². The Morgan fingerprint density at radius 1 is 1.33 bits per heavy atom. The monoisotopic (exact) mass is 262 g/mol. The van der Waals surface area contributed by atoms with Crippen LogP contribution in [-0.2, 0) is 0 Å². The Balaban J connectivity index is 2.59. The van der Waals surface area contributed by atoms with Crippen molar-refractivity contribution >= 4 is 17.4 Å². The van der Waals surface area contributed by atoms with Crippen molar-refractivity contribution in [3.63, 3.8) is 0 Å². The summed E-state index contributed by atoms with van der Waals surface area (Å²) in [4.78, 5) is 16.0. The Hall–Kier alpha value is -1.61. The number of rotatable bonds is 3. The largest absolute Gasteiger partial charge is 0.300 e. The van der Waals surface area contributed by atoms with Crippen LogP contribution in [0.3, 0.4) is 0 Å². The Bertz CT molecular complexity index is 602. The molecule has 1 aromatic heterocycles. The van der Waals surface area contributed by atoms with Gasteiger partial charge in [0.1, 0.15) is 11.5 Å². The number of benzene rings is 1. The Labute approximate surface area is 111 Å². The van der Waals surface area contributed by atoms with Gasteiger partial charge in [0.25, 0.3) is 0 Å². The van der Waals surface area contributed by atoms with Gasteiger partial charge in [0.2, 0.25) is 0 Å². The molecule has 0 saturated heterocycles. The number of Topliss-reactive ketones (excluding diaryl/α,β-unsaturated/α-hetero) is 1. The van der Waals surface area contributed by atoms with Gasteiger partial charge in [0.05, 0.1) is 11.6 Å². The molecule has 2 aromatic rings. The number of carbonyl (C=O) groups is 1. The third-order valence-corrected chi connectivity index (χ3v) is 3.16. The minimum Gasteiger partial charge on any atom is -0.300 e. The van der Waals surface area contributed by atoms with Crippen LogP contribution in [0.5, 0.6) is 0 Å². The average Bonchev–Trinajstić information content (AvgIpc) is 2.64. The summed E-state index contributed by atoms with van der Waals surface area (Å²) in [7, 11) is 0. The molecule has 0 saturated carbocycles. The van der Waals surface area contributed by atoms with E-state index in [4.69, 9.17) is 11.6 Å². The second-order valence-electron chi connectivity index (χ2n) is 4.32. The summed E-state index contributed by atoms with van der Waals surface area (Å²) in [5.41, 5.74) is 3.49. The fraction of sp³-hybridized carbons (Fsp3) is 0.286. The van der Waals surface area contributed by atoms with Crippen LogP contribution in [0.15, 0.2) is 24.3 Å². The first-order valence-corrected chi connectivity index (χ1v) is 6.30. The number of alkyl halides is 1. The molecule has 0 aliphatic carbocycles. The van der Waals surface area contributed by atoms with Crippen molar-refractivity contribution in [3.8, 4) is 5.69 Å². The van der Waals surface area contributed by atoms with E-state index < -0.39 is 0 Å². The van der Waals surface area contributed by atoms with Gasteiger partial charge in [-0.25, -0.2) is 4.98 Å². The minimum atomic E-state index is -0.135. The molecular weight excluding hydrogens is 248 g/mol. The summed E-state index contributed by atoms with van der Waals surface area (Å²) in [6.07, 6.45) is 0. The van der Waals surface area contributed by atoms with E-state index in [2.05, 4.69) is 11.1 Å². The normalized spacial score (nSPS) is 10.7. The standard InChI is InChI=1S/C14H15ClN2O/c1-9-5-4-6-12(7-9)17-10(2)14(13(18)8-15)16-11(17)3/h4-7H,8H2,1-3H3. The van der Waals surface area contributed by atoms with Gasteiger partial charge in [-0.05, 0) is 38.5 Å². The van der Waals surface area contributed by atoms with Crippen molar-refractivity contribution in [1.82, 2.24) is 9.55 Å². The summed E-state index contributed by atoms with van der Waals surface area (Å²) in [5.74, 6) is 0.626. The van der Waals surface area contributed by atoms with Crippen LogP contribution in [0, 0.1) is 20.8 Å². The van der Waals surface area contributed by atoms with Crippen LogP contribution in [-0.4, -0.2) is 21.2 Å². The molecule has 2 rings (SSSR count). The average molecular weight is 263 g/mol. The smallest absolute Gasteiger partial charge is 0.197 e. The van der Waals surface area contributed by atoms with Crippen molar-refractivity contribution in [2.45, 2.75) is 20.8 Å². The number of imidazole rings is 1. The van der Waals surface area contributed by atoms with Gasteiger partial charge in [-0.3, -0.25) is 4.79 Å². The lowest BCUT2D eigenvalue weighted by Gasteiger charge is -2.08. The highest BCUT2D eigenvalue weighted by molar-refractivity contribution is 6.30. The van der Waals surface area contributed by atoms with E-state index in [1.165, 1.54) is 5.56 Å². The fourth-order valence-electron chi connectivity index (χ4n) is 2.12. The SMILES string of the molecule is Cc1cccc(-n2c(C)nc(C(=O)CCl)c2C)c1. The molecule has 0 fully saturated rings. The Morgan fingerprint density at radius 2 is 2.06 bits per heavy atom. The van der Waals surface area contributed by atoms with Crippen molar-refractivity contribution in [1.29, 1.82) is 0 Å². The predicted octanol–water partition coefficient (Wildman–Crippen LogP) is 3.22. The van der Waals surface area contributed by atoms with Crippen LogP contribution < -0.4 is 0 Å². The number of aromatic nitrogens is 2. The Kier molecular flexibility index (Phi) is 3.53. The highest BCUT2D eigenvalue weighted by Gasteiger charge is 2.17. The quantitative estimate of drug-likeness (QED) is 0.629. The van der Waals surface area contributed by atoms with Gasteiger partial charge in [-0.2, -0.15) is 0 Å². The van der Waals surface area contributed by atoms with E-state index in [1.54, 1.807) is 0 Å². The zero-order valence-electron chi connectivity index (χ0n) is 10.7. The lowest BCUT2D eigenvalue weighted by Crippen LogP contribution is -2.04. The van der Waals surface area contributed by atoms with Crippen LogP contribution >= 0.6 is 11.6 Å². The number of ketones is 1. The molecule has 0 amide bonds. The molecule has 0 bridgehead atoms. The number of carbonyl (C=O) groups excluding carboxylic acids is 1. The highest BCUT2D eigenvalue weighted by Crippen LogP contribution is 2.19. The molecule has 0 spiro atoms. The van der Waals surface area contributed by atoms with Crippen molar-refractivity contribution in [2.75, 3.05) is 5.88 Å². The molecule has 3 nitrogen and oxygen atoms in total. The molecule has 94 valence electrons. The number of hydrogen-bond acceptors (Lipinski definition) is 2. The first-order valence-electron chi connectivity index (χ1n) is 5.76. The second kappa shape index (κ2) is 4.94. The maximum atomic E-state index is 11.7. The van der Waals surface area contributed by atoms with Gasteiger partial charge in [0.15, 0.2) is 5.78 Å². The van der Waals surface area contributed by atoms with Gasteiger partial charge < -0.3 is 4.57 Å². The summed E-state index contributed by atoms with van der Waals surface area (Å²) in [6.45, 7) is 5.82. The van der Waals surface area contributed by atoms with E-state index in [9.17, 15) is 4.79 Å². The lowest BCUT2D eigenvalue weighted by molar-refractivity contribution is 0.101. The summed E-state index contributed by atoms with van der Waals surface area (Å²) < 4.78 is 1.98. The summed E-state index contributed by atoms with van der Waals surface area (Å²) in [5, 5.41) is 0. The van der Waals surface area contributed by atoms with Crippen molar-refractivity contribution < 1.29 is 4.79 Å². The molecule has 1 aromatic carbocycles. The maximum Gasteiger partial charge on any atom is 0.197 e. The van der Waals surface area contributed by atoms with Crippen molar-refractivity contribution in [2.24, 2.45) is 0 Å². The van der Waals surface area contributed by atoms with Crippen LogP contribution in [0.1, 0.15) is 27.6 Å². The second-order valence-corrected chi connectivity index (χ2v) is 4.59. The topological polar surface area (TPSA) is 34.9 Å². The molecule has 0 N–H and O–H groups in total. The number of hydrogen-bond donors (Lipinski definition) is 0. The van der Waals surface area contributed by atoms with Crippen LogP contribution in [0.4, 0.5) is 0 Å². The molecule has 4 heteroatoms. The minimum absolute atomic E-state index is 0.0366. The summed E-state index contributed by atoms with van der Waals surface area (Å²) in [6, 6.07) is 8.10.